The molecule has 17 heavy (non-hydrogen) atoms. The van der Waals surface area contributed by atoms with E-state index in [9.17, 15) is 0 Å². The Labute approximate surface area is 106 Å². The zero-order valence-electron chi connectivity index (χ0n) is 11.4. The van der Waals surface area contributed by atoms with E-state index in [2.05, 4.69) is 30.1 Å². The highest BCUT2D eigenvalue weighted by Crippen LogP contribution is 2.21. The topological polar surface area (TPSA) is 39.1 Å². The largest absolute Gasteiger partial charge is 0.303 e. The zero-order valence-corrected chi connectivity index (χ0v) is 11.4. The van der Waals surface area contributed by atoms with Crippen LogP contribution in [0.1, 0.15) is 46.0 Å². The number of nitrogens with zero attached hydrogens (tertiary/aromatic N) is 2. The van der Waals surface area contributed by atoms with Gasteiger partial charge >= 0.3 is 0 Å². The summed E-state index contributed by atoms with van der Waals surface area (Å²) in [4.78, 5) is 2.52. The van der Waals surface area contributed by atoms with E-state index in [4.69, 9.17) is 5.26 Å². The van der Waals surface area contributed by atoms with Crippen LogP contribution >= 0.6 is 0 Å². The highest BCUT2D eigenvalue weighted by atomic mass is 15.1. The highest BCUT2D eigenvalue weighted by molar-refractivity contribution is 4.90. The normalized spacial score (nSPS) is 20.1. The Kier molecular flexibility index (Phi) is 7.23. The zero-order chi connectivity index (χ0) is 12.5. The summed E-state index contributed by atoms with van der Waals surface area (Å²) >= 11 is 0. The number of rotatable bonds is 7. The van der Waals surface area contributed by atoms with Crippen LogP contribution in [0.4, 0.5) is 0 Å². The summed E-state index contributed by atoms with van der Waals surface area (Å²) < 4.78 is 0. The van der Waals surface area contributed by atoms with Crippen molar-refractivity contribution in [2.24, 2.45) is 5.92 Å². The molecule has 1 fully saturated rings. The van der Waals surface area contributed by atoms with E-state index in [1.54, 1.807) is 0 Å². The average molecular weight is 237 g/mol. The molecule has 0 bridgehead atoms. The van der Waals surface area contributed by atoms with Crippen LogP contribution < -0.4 is 5.32 Å². The van der Waals surface area contributed by atoms with Crippen molar-refractivity contribution in [3.63, 3.8) is 0 Å². The summed E-state index contributed by atoms with van der Waals surface area (Å²) in [5.41, 5.74) is 0. The van der Waals surface area contributed by atoms with Crippen molar-refractivity contribution in [2.45, 2.75) is 52.0 Å². The minimum Gasteiger partial charge on any atom is -0.303 e. The molecule has 1 aliphatic rings. The second-order valence-corrected chi connectivity index (χ2v) is 5.10. The molecule has 0 aromatic heterocycles. The van der Waals surface area contributed by atoms with E-state index >= 15 is 0 Å². The van der Waals surface area contributed by atoms with Crippen molar-refractivity contribution in [1.82, 2.24) is 10.2 Å². The van der Waals surface area contributed by atoms with Crippen LogP contribution in [0.25, 0.3) is 0 Å². The SMILES string of the molecule is CCCC1CCN(CCC(C#N)NCC)CC1. The molecule has 1 atom stereocenters. The number of hydrogen-bond acceptors (Lipinski definition) is 3. The molecule has 0 saturated carbocycles. The smallest absolute Gasteiger partial charge is 0.0965 e. The Morgan fingerprint density at radius 1 is 1.35 bits per heavy atom. The van der Waals surface area contributed by atoms with Gasteiger partial charge < -0.3 is 10.2 Å². The maximum Gasteiger partial charge on any atom is 0.0965 e. The molecular formula is C14H27N3. The third-order valence-electron chi connectivity index (χ3n) is 3.74. The fourth-order valence-electron chi connectivity index (χ4n) is 2.68. The van der Waals surface area contributed by atoms with Gasteiger partial charge in [-0.3, -0.25) is 0 Å². The molecule has 1 rings (SSSR count). The number of piperidine rings is 1. The highest BCUT2D eigenvalue weighted by Gasteiger charge is 2.18. The monoisotopic (exact) mass is 237 g/mol. The molecule has 98 valence electrons. The third-order valence-corrected chi connectivity index (χ3v) is 3.74. The van der Waals surface area contributed by atoms with Crippen LogP contribution in [-0.4, -0.2) is 37.1 Å². The fraction of sp³-hybridized carbons (Fsp3) is 0.929. The summed E-state index contributed by atoms with van der Waals surface area (Å²) in [6.45, 7) is 8.76. The first-order valence-electron chi connectivity index (χ1n) is 7.15. The van der Waals surface area contributed by atoms with Crippen LogP contribution in [0.2, 0.25) is 0 Å². The van der Waals surface area contributed by atoms with Crippen LogP contribution in [0.3, 0.4) is 0 Å². The maximum atomic E-state index is 8.97. The quantitative estimate of drug-likeness (QED) is 0.739. The van der Waals surface area contributed by atoms with Gasteiger partial charge in [0, 0.05) is 6.54 Å². The van der Waals surface area contributed by atoms with Gasteiger partial charge in [-0.15, -0.1) is 0 Å². The van der Waals surface area contributed by atoms with Gasteiger partial charge in [0.25, 0.3) is 0 Å². The van der Waals surface area contributed by atoms with Gasteiger partial charge in [0.2, 0.25) is 0 Å². The molecule has 1 heterocycles. The lowest BCUT2D eigenvalue weighted by Crippen LogP contribution is -2.37. The number of likely N-dealkylation sites (tertiary alicyclic amines) is 1. The summed E-state index contributed by atoms with van der Waals surface area (Å²) in [6.07, 6.45) is 6.38. The van der Waals surface area contributed by atoms with E-state index < -0.39 is 0 Å². The first kappa shape index (κ1) is 14.5. The van der Waals surface area contributed by atoms with Gasteiger partial charge in [-0.1, -0.05) is 26.7 Å². The van der Waals surface area contributed by atoms with Crippen LogP contribution in [-0.2, 0) is 0 Å². The maximum absolute atomic E-state index is 8.97. The minimum absolute atomic E-state index is 0.0355. The lowest BCUT2D eigenvalue weighted by Gasteiger charge is -2.32. The first-order chi connectivity index (χ1) is 8.30. The molecule has 0 aromatic carbocycles. The minimum atomic E-state index is 0.0355. The fourth-order valence-corrected chi connectivity index (χ4v) is 2.68. The Morgan fingerprint density at radius 3 is 2.59 bits per heavy atom. The summed E-state index contributed by atoms with van der Waals surface area (Å²) in [6, 6.07) is 2.37. The van der Waals surface area contributed by atoms with E-state index in [0.29, 0.717) is 0 Å². The van der Waals surface area contributed by atoms with Gasteiger partial charge in [0.15, 0.2) is 0 Å². The van der Waals surface area contributed by atoms with E-state index in [1.165, 1.54) is 38.8 Å². The van der Waals surface area contributed by atoms with Gasteiger partial charge in [0.1, 0.15) is 0 Å². The predicted molar refractivity (Wildman–Crippen MR) is 71.8 cm³/mol. The number of nitrogens with one attached hydrogen (secondary N) is 1. The molecule has 0 aliphatic carbocycles. The van der Waals surface area contributed by atoms with E-state index in [-0.39, 0.29) is 6.04 Å². The Morgan fingerprint density at radius 2 is 2.06 bits per heavy atom. The average Bonchev–Trinajstić information content (AvgIpc) is 2.36. The predicted octanol–water partition coefficient (Wildman–Crippen LogP) is 2.39. The molecule has 0 aromatic rings. The van der Waals surface area contributed by atoms with Crippen molar-refractivity contribution in [3.05, 3.63) is 0 Å². The molecular weight excluding hydrogens is 210 g/mol. The lowest BCUT2D eigenvalue weighted by molar-refractivity contribution is 0.174. The van der Waals surface area contributed by atoms with E-state index in [0.717, 1.165) is 25.4 Å². The molecule has 0 radical (unpaired) electrons. The lowest BCUT2D eigenvalue weighted by atomic mass is 9.92. The molecule has 3 heteroatoms. The number of nitriles is 1. The second kappa shape index (κ2) is 8.49. The van der Waals surface area contributed by atoms with Crippen molar-refractivity contribution in [3.8, 4) is 6.07 Å². The standard InChI is InChI=1S/C14H27N3/c1-3-5-13-6-9-17(10-7-13)11-8-14(12-15)16-4-2/h13-14,16H,3-11H2,1-2H3. The van der Waals surface area contributed by atoms with Crippen LogP contribution in [0.15, 0.2) is 0 Å². The summed E-state index contributed by atoms with van der Waals surface area (Å²) in [5.74, 6) is 0.955. The molecule has 1 N–H and O–H groups in total. The molecule has 0 spiro atoms. The van der Waals surface area contributed by atoms with Crippen molar-refractivity contribution < 1.29 is 0 Å². The van der Waals surface area contributed by atoms with Crippen LogP contribution in [0.5, 0.6) is 0 Å². The molecule has 0 amide bonds. The molecule has 3 nitrogen and oxygen atoms in total. The molecule has 1 unspecified atom stereocenters. The third kappa shape index (κ3) is 5.52. The first-order valence-corrected chi connectivity index (χ1v) is 7.15. The molecule has 1 aliphatic heterocycles. The van der Waals surface area contributed by atoms with Crippen LogP contribution in [0, 0.1) is 17.2 Å². The van der Waals surface area contributed by atoms with Crippen molar-refractivity contribution in [2.75, 3.05) is 26.2 Å². The van der Waals surface area contributed by atoms with Gasteiger partial charge in [-0.25, -0.2) is 0 Å². The Balaban J connectivity index is 2.15. The van der Waals surface area contributed by atoms with Crippen molar-refractivity contribution in [1.29, 1.82) is 5.26 Å². The Hall–Kier alpha value is -0.590. The second-order valence-electron chi connectivity index (χ2n) is 5.10. The Bertz CT molecular complexity index is 226. The summed E-state index contributed by atoms with van der Waals surface area (Å²) in [7, 11) is 0. The number of hydrogen-bond donors (Lipinski definition) is 1. The van der Waals surface area contributed by atoms with Gasteiger partial charge in [0.05, 0.1) is 12.1 Å². The van der Waals surface area contributed by atoms with Gasteiger partial charge in [-0.05, 0) is 44.8 Å². The summed E-state index contributed by atoms with van der Waals surface area (Å²) in [5, 5.41) is 12.2. The van der Waals surface area contributed by atoms with Gasteiger partial charge in [-0.2, -0.15) is 5.26 Å². The molecule has 1 saturated heterocycles. The van der Waals surface area contributed by atoms with Crippen molar-refractivity contribution >= 4 is 0 Å². The van der Waals surface area contributed by atoms with E-state index in [1.807, 2.05) is 0 Å².